The molecule has 1 aromatic heterocycles. The summed E-state index contributed by atoms with van der Waals surface area (Å²) < 4.78 is 1.52. The molecule has 0 fully saturated rings. The number of aromatic carboxylic acids is 1. The predicted octanol–water partition coefficient (Wildman–Crippen LogP) is 0.742. The molecule has 0 atom stereocenters. The molecule has 0 saturated carbocycles. The highest BCUT2D eigenvalue weighted by atomic mass is 16.4. The number of carbonyl (C=O) groups is 1. The third-order valence-corrected chi connectivity index (χ3v) is 1.81. The van der Waals surface area contributed by atoms with Crippen molar-refractivity contribution in [3.8, 4) is 0 Å². The van der Waals surface area contributed by atoms with Crippen molar-refractivity contribution in [2.24, 2.45) is 0 Å². The minimum absolute atomic E-state index is 0.0285. The molecule has 1 heterocycles. The van der Waals surface area contributed by atoms with Gasteiger partial charge in [0.15, 0.2) is 5.69 Å². The molecule has 0 radical (unpaired) electrons. The van der Waals surface area contributed by atoms with E-state index in [2.05, 4.69) is 5.10 Å². The average molecular weight is 198 g/mol. The van der Waals surface area contributed by atoms with Gasteiger partial charge in [0, 0.05) is 12.7 Å². The molecule has 0 aromatic carbocycles. The Balaban J connectivity index is 2.56. The topological polar surface area (TPSA) is 75.4 Å². The Morgan fingerprint density at radius 1 is 1.64 bits per heavy atom. The van der Waals surface area contributed by atoms with Crippen molar-refractivity contribution in [1.29, 1.82) is 0 Å². The smallest absolute Gasteiger partial charge is 0.356 e. The summed E-state index contributed by atoms with van der Waals surface area (Å²) in [6.07, 6.45) is 2.13. The van der Waals surface area contributed by atoms with Crippen molar-refractivity contribution in [2.45, 2.75) is 32.4 Å². The summed E-state index contributed by atoms with van der Waals surface area (Å²) in [7, 11) is 0. The van der Waals surface area contributed by atoms with E-state index in [1.807, 2.05) is 0 Å². The summed E-state index contributed by atoms with van der Waals surface area (Å²) in [5, 5.41) is 21.9. The predicted molar refractivity (Wildman–Crippen MR) is 50.1 cm³/mol. The van der Waals surface area contributed by atoms with Crippen LogP contribution in [0.3, 0.4) is 0 Å². The van der Waals surface area contributed by atoms with Crippen molar-refractivity contribution in [2.75, 3.05) is 0 Å². The van der Waals surface area contributed by atoms with E-state index in [-0.39, 0.29) is 5.69 Å². The standard InChI is InChI=1S/C9H14N2O3/c1-9(2,14)4-6-11-5-3-7(10-11)8(12)13/h3,5,14H,4,6H2,1-2H3,(H,12,13). The first kappa shape index (κ1) is 10.7. The normalized spacial score (nSPS) is 11.6. The van der Waals surface area contributed by atoms with Crippen LogP contribution in [-0.2, 0) is 6.54 Å². The van der Waals surface area contributed by atoms with E-state index < -0.39 is 11.6 Å². The van der Waals surface area contributed by atoms with Gasteiger partial charge in [-0.15, -0.1) is 0 Å². The van der Waals surface area contributed by atoms with Gasteiger partial charge < -0.3 is 10.2 Å². The van der Waals surface area contributed by atoms with Crippen LogP contribution >= 0.6 is 0 Å². The molecule has 0 saturated heterocycles. The molecule has 0 amide bonds. The molecule has 0 spiro atoms. The fourth-order valence-electron chi connectivity index (χ4n) is 0.988. The second kappa shape index (κ2) is 3.79. The van der Waals surface area contributed by atoms with Crippen LogP contribution in [0.2, 0.25) is 0 Å². The summed E-state index contributed by atoms with van der Waals surface area (Å²) >= 11 is 0. The molecule has 78 valence electrons. The summed E-state index contributed by atoms with van der Waals surface area (Å²) in [4.78, 5) is 10.5. The van der Waals surface area contributed by atoms with E-state index in [0.717, 1.165) is 0 Å². The number of carboxylic acids is 1. The lowest BCUT2D eigenvalue weighted by atomic mass is 10.1. The number of nitrogens with zero attached hydrogens (tertiary/aromatic N) is 2. The Morgan fingerprint density at radius 3 is 2.71 bits per heavy atom. The number of aromatic nitrogens is 2. The summed E-state index contributed by atoms with van der Waals surface area (Å²) in [6.45, 7) is 3.92. The van der Waals surface area contributed by atoms with Crippen molar-refractivity contribution < 1.29 is 15.0 Å². The molecule has 1 aromatic rings. The zero-order valence-corrected chi connectivity index (χ0v) is 8.27. The molecule has 0 aliphatic rings. The maximum atomic E-state index is 10.5. The molecule has 0 unspecified atom stereocenters. The Hall–Kier alpha value is -1.36. The fourth-order valence-corrected chi connectivity index (χ4v) is 0.988. The molecule has 5 heteroatoms. The molecule has 5 nitrogen and oxygen atoms in total. The maximum absolute atomic E-state index is 10.5. The molecule has 1 rings (SSSR count). The van der Waals surface area contributed by atoms with Crippen LogP contribution in [0.15, 0.2) is 12.3 Å². The van der Waals surface area contributed by atoms with Gasteiger partial charge in [-0.1, -0.05) is 0 Å². The monoisotopic (exact) mass is 198 g/mol. The fraction of sp³-hybridized carbons (Fsp3) is 0.556. The van der Waals surface area contributed by atoms with Gasteiger partial charge in [-0.2, -0.15) is 5.10 Å². The summed E-state index contributed by atoms with van der Waals surface area (Å²) in [5.74, 6) is -1.04. The Kier molecular flexibility index (Phi) is 2.90. The van der Waals surface area contributed by atoms with Gasteiger partial charge in [0.25, 0.3) is 0 Å². The van der Waals surface area contributed by atoms with Gasteiger partial charge in [-0.25, -0.2) is 4.79 Å². The van der Waals surface area contributed by atoms with Gasteiger partial charge in [0.05, 0.1) is 5.60 Å². The third kappa shape index (κ3) is 3.18. The average Bonchev–Trinajstić information content (AvgIpc) is 2.47. The van der Waals surface area contributed by atoms with Gasteiger partial charge >= 0.3 is 5.97 Å². The Morgan fingerprint density at radius 2 is 2.29 bits per heavy atom. The highest BCUT2D eigenvalue weighted by molar-refractivity contribution is 5.84. The Bertz CT molecular complexity index is 325. The van der Waals surface area contributed by atoms with Gasteiger partial charge in [-0.3, -0.25) is 4.68 Å². The van der Waals surface area contributed by atoms with E-state index in [1.165, 1.54) is 10.7 Å². The van der Waals surface area contributed by atoms with Gasteiger partial charge in [0.2, 0.25) is 0 Å². The SMILES string of the molecule is CC(C)(O)CCn1ccc(C(=O)O)n1. The first-order valence-corrected chi connectivity index (χ1v) is 4.37. The first-order valence-electron chi connectivity index (χ1n) is 4.37. The molecule has 2 N–H and O–H groups in total. The lowest BCUT2D eigenvalue weighted by Gasteiger charge is -2.16. The minimum Gasteiger partial charge on any atom is -0.476 e. The summed E-state index contributed by atoms with van der Waals surface area (Å²) in [6, 6.07) is 1.44. The largest absolute Gasteiger partial charge is 0.476 e. The van der Waals surface area contributed by atoms with Crippen LogP contribution in [0.1, 0.15) is 30.8 Å². The molecule has 0 aliphatic heterocycles. The number of aliphatic hydroxyl groups is 1. The quantitative estimate of drug-likeness (QED) is 0.748. The second-order valence-electron chi connectivity index (χ2n) is 3.83. The lowest BCUT2D eigenvalue weighted by Crippen LogP contribution is -2.21. The van der Waals surface area contributed by atoms with Gasteiger partial charge in [-0.05, 0) is 26.3 Å². The van der Waals surface area contributed by atoms with Crippen LogP contribution in [0.4, 0.5) is 0 Å². The van der Waals surface area contributed by atoms with E-state index >= 15 is 0 Å². The number of carboxylic acid groups (broad SMARTS) is 1. The number of hydrogen-bond acceptors (Lipinski definition) is 3. The number of rotatable bonds is 4. The van der Waals surface area contributed by atoms with Crippen molar-refractivity contribution in [3.63, 3.8) is 0 Å². The van der Waals surface area contributed by atoms with E-state index in [9.17, 15) is 9.90 Å². The lowest BCUT2D eigenvalue weighted by molar-refractivity contribution is 0.0648. The summed E-state index contributed by atoms with van der Waals surface area (Å²) in [5.41, 5.74) is -0.726. The van der Waals surface area contributed by atoms with Crippen LogP contribution in [0.5, 0.6) is 0 Å². The highest BCUT2D eigenvalue weighted by Gasteiger charge is 2.13. The Labute approximate surface area is 82.0 Å². The van der Waals surface area contributed by atoms with E-state index in [4.69, 9.17) is 5.11 Å². The molecular formula is C9H14N2O3. The van der Waals surface area contributed by atoms with Crippen LogP contribution in [0, 0.1) is 0 Å². The zero-order chi connectivity index (χ0) is 10.8. The second-order valence-corrected chi connectivity index (χ2v) is 3.83. The van der Waals surface area contributed by atoms with Crippen molar-refractivity contribution in [3.05, 3.63) is 18.0 Å². The van der Waals surface area contributed by atoms with Gasteiger partial charge in [0.1, 0.15) is 0 Å². The minimum atomic E-state index is -1.04. The van der Waals surface area contributed by atoms with E-state index in [1.54, 1.807) is 20.0 Å². The highest BCUT2D eigenvalue weighted by Crippen LogP contribution is 2.08. The third-order valence-electron chi connectivity index (χ3n) is 1.81. The number of aryl methyl sites for hydroxylation is 1. The molecule has 14 heavy (non-hydrogen) atoms. The first-order chi connectivity index (χ1) is 6.38. The van der Waals surface area contributed by atoms with Crippen molar-refractivity contribution in [1.82, 2.24) is 9.78 Å². The van der Waals surface area contributed by atoms with Crippen LogP contribution < -0.4 is 0 Å². The molecule has 0 aliphatic carbocycles. The van der Waals surface area contributed by atoms with E-state index in [0.29, 0.717) is 13.0 Å². The maximum Gasteiger partial charge on any atom is 0.356 e. The molecular weight excluding hydrogens is 184 g/mol. The molecule has 0 bridgehead atoms. The van der Waals surface area contributed by atoms with Crippen molar-refractivity contribution >= 4 is 5.97 Å². The van der Waals surface area contributed by atoms with Crippen LogP contribution in [0.25, 0.3) is 0 Å². The number of hydrogen-bond donors (Lipinski definition) is 2. The van der Waals surface area contributed by atoms with Crippen LogP contribution in [-0.4, -0.2) is 31.6 Å². The zero-order valence-electron chi connectivity index (χ0n) is 8.27.